The normalized spacial score (nSPS) is 13.5. The lowest BCUT2D eigenvalue weighted by Gasteiger charge is -2.08. The van der Waals surface area contributed by atoms with Crippen LogP contribution in [0.2, 0.25) is 0 Å². The molecule has 0 spiro atoms. The lowest BCUT2D eigenvalue weighted by Crippen LogP contribution is -2.07. The van der Waals surface area contributed by atoms with Gasteiger partial charge in [-0.05, 0) is 24.3 Å². The highest BCUT2D eigenvalue weighted by molar-refractivity contribution is 7.92. The van der Waals surface area contributed by atoms with Crippen molar-refractivity contribution in [3.63, 3.8) is 0 Å². The van der Waals surface area contributed by atoms with Crippen LogP contribution in [0.25, 0.3) is 11.4 Å². The fourth-order valence-corrected chi connectivity index (χ4v) is 3.95. The maximum atomic E-state index is 13.8. The molecule has 7 nitrogen and oxygen atoms in total. The van der Waals surface area contributed by atoms with Crippen LogP contribution in [-0.2, 0) is 21.7 Å². The van der Waals surface area contributed by atoms with Crippen LogP contribution in [0.15, 0.2) is 51.4 Å². The molecule has 1 aromatic heterocycles. The van der Waals surface area contributed by atoms with E-state index in [4.69, 9.17) is 4.74 Å². The van der Waals surface area contributed by atoms with Crippen molar-refractivity contribution in [2.75, 3.05) is 13.4 Å². The van der Waals surface area contributed by atoms with E-state index < -0.39 is 33.5 Å². The van der Waals surface area contributed by atoms with Gasteiger partial charge in [0.1, 0.15) is 11.6 Å². The second kappa shape index (κ2) is 8.46. The lowest BCUT2D eigenvalue weighted by molar-refractivity contribution is -0.159. The highest BCUT2D eigenvalue weighted by Gasteiger charge is 2.38. The minimum Gasteiger partial charge on any atom is -0.496 e. The van der Waals surface area contributed by atoms with Crippen molar-refractivity contribution in [2.45, 2.75) is 11.9 Å². The molecule has 1 unspecified atom stereocenters. The Morgan fingerprint density at radius 2 is 1.94 bits per heavy atom. The van der Waals surface area contributed by atoms with Crippen LogP contribution in [0, 0.1) is 5.82 Å². The van der Waals surface area contributed by atoms with Crippen molar-refractivity contribution < 1.29 is 35.8 Å². The van der Waals surface area contributed by atoms with Crippen LogP contribution < -0.4 is 4.74 Å². The molecular weight excluding hydrogens is 442 g/mol. The van der Waals surface area contributed by atoms with Crippen molar-refractivity contribution in [1.29, 1.82) is 0 Å². The van der Waals surface area contributed by atoms with E-state index in [1.54, 1.807) is 6.07 Å². The number of benzene rings is 2. The third kappa shape index (κ3) is 5.26. The predicted molar refractivity (Wildman–Crippen MR) is 102 cm³/mol. The van der Waals surface area contributed by atoms with Gasteiger partial charge in [-0.25, -0.2) is 8.60 Å². The Hall–Kier alpha value is -3.28. The molecule has 12 heteroatoms. The van der Waals surface area contributed by atoms with Crippen molar-refractivity contribution in [1.82, 2.24) is 10.1 Å². The van der Waals surface area contributed by atoms with Crippen LogP contribution in [0.3, 0.4) is 0 Å². The minimum absolute atomic E-state index is 0.0210. The van der Waals surface area contributed by atoms with E-state index in [-0.39, 0.29) is 34.0 Å². The molecule has 3 rings (SSSR count). The molecule has 2 aromatic carbocycles. The van der Waals surface area contributed by atoms with Crippen LogP contribution in [0.1, 0.15) is 21.8 Å². The number of rotatable bonds is 5. The zero-order valence-electron chi connectivity index (χ0n) is 16.1. The van der Waals surface area contributed by atoms with Gasteiger partial charge in [-0.3, -0.25) is 4.79 Å². The predicted octanol–water partition coefficient (Wildman–Crippen LogP) is 4.34. The van der Waals surface area contributed by atoms with Crippen LogP contribution in [0.4, 0.5) is 17.6 Å². The molecule has 164 valence electrons. The molecule has 0 N–H and O–H groups in total. The Kier molecular flexibility index (Phi) is 6.11. The number of hydrogen-bond donors (Lipinski definition) is 0. The first kappa shape index (κ1) is 22.4. The Labute approximate surface area is 174 Å². The summed E-state index contributed by atoms with van der Waals surface area (Å²) in [5, 5.41) is 3.27. The van der Waals surface area contributed by atoms with E-state index in [0.29, 0.717) is 0 Å². The first-order chi connectivity index (χ1) is 14.5. The van der Waals surface area contributed by atoms with Gasteiger partial charge < -0.3 is 9.26 Å². The third-order valence-corrected chi connectivity index (χ3v) is 5.41. The Bertz CT molecular complexity index is 1250. The SMILES string of the molecule is COc1cc(C(=O)N=S(C)(=O)Cc2ccccc2F)ccc1-c1noc(C(F)(F)F)n1. The number of ether oxygens (including phenoxy) is 1. The van der Waals surface area contributed by atoms with Gasteiger partial charge in [-0.15, -0.1) is 0 Å². The molecule has 0 radical (unpaired) electrons. The molecule has 31 heavy (non-hydrogen) atoms. The summed E-state index contributed by atoms with van der Waals surface area (Å²) in [6, 6.07) is 9.39. The fraction of sp³-hybridized carbons (Fsp3) is 0.211. The van der Waals surface area contributed by atoms with Gasteiger partial charge >= 0.3 is 12.1 Å². The Morgan fingerprint density at radius 3 is 2.55 bits per heavy atom. The summed E-state index contributed by atoms with van der Waals surface area (Å²) < 4.78 is 77.5. The third-order valence-electron chi connectivity index (χ3n) is 4.02. The highest BCUT2D eigenvalue weighted by atomic mass is 32.2. The smallest absolute Gasteiger partial charge is 0.471 e. The zero-order valence-corrected chi connectivity index (χ0v) is 17.0. The zero-order chi connectivity index (χ0) is 22.8. The van der Waals surface area contributed by atoms with E-state index in [9.17, 15) is 26.6 Å². The van der Waals surface area contributed by atoms with E-state index in [1.165, 1.54) is 49.8 Å². The van der Waals surface area contributed by atoms with E-state index in [1.807, 2.05) is 0 Å². The second-order valence-corrected chi connectivity index (χ2v) is 8.82. The molecule has 1 heterocycles. The van der Waals surface area contributed by atoms with Crippen molar-refractivity contribution in [2.24, 2.45) is 4.36 Å². The fourth-order valence-electron chi connectivity index (χ4n) is 2.62. The summed E-state index contributed by atoms with van der Waals surface area (Å²) in [6.07, 6.45) is -3.59. The Morgan fingerprint density at radius 1 is 1.23 bits per heavy atom. The molecule has 1 atom stereocenters. The van der Waals surface area contributed by atoms with Crippen molar-refractivity contribution in [3.05, 3.63) is 65.3 Å². The van der Waals surface area contributed by atoms with E-state index in [0.717, 1.165) is 0 Å². The second-order valence-electron chi connectivity index (χ2n) is 6.43. The summed E-state index contributed by atoms with van der Waals surface area (Å²) in [4.78, 5) is 15.8. The summed E-state index contributed by atoms with van der Waals surface area (Å²) in [7, 11) is -1.89. The monoisotopic (exact) mass is 457 g/mol. The number of aromatic nitrogens is 2. The van der Waals surface area contributed by atoms with E-state index >= 15 is 0 Å². The topological polar surface area (TPSA) is 94.7 Å². The number of carbonyl (C=O) groups excluding carboxylic acids is 1. The highest BCUT2D eigenvalue weighted by Crippen LogP contribution is 2.33. The lowest BCUT2D eigenvalue weighted by atomic mass is 10.1. The average molecular weight is 457 g/mol. The van der Waals surface area contributed by atoms with Gasteiger partial charge in [0.2, 0.25) is 5.82 Å². The molecule has 0 saturated carbocycles. The number of alkyl halides is 3. The minimum atomic E-state index is -4.81. The van der Waals surface area contributed by atoms with Gasteiger partial charge in [0, 0.05) is 17.4 Å². The quantitative estimate of drug-likeness (QED) is 0.529. The van der Waals surface area contributed by atoms with Gasteiger partial charge in [-0.2, -0.15) is 22.5 Å². The molecular formula is C19H15F4N3O4S. The summed E-state index contributed by atoms with van der Waals surface area (Å²) >= 11 is 0. The van der Waals surface area contributed by atoms with Crippen LogP contribution in [-0.4, -0.2) is 33.6 Å². The molecule has 0 aliphatic heterocycles. The first-order valence-corrected chi connectivity index (χ1v) is 10.7. The largest absolute Gasteiger partial charge is 0.496 e. The Balaban J connectivity index is 1.90. The van der Waals surface area contributed by atoms with Gasteiger partial charge in [0.25, 0.3) is 5.91 Å². The van der Waals surface area contributed by atoms with Gasteiger partial charge in [0.05, 0.1) is 28.2 Å². The average Bonchev–Trinajstić information content (AvgIpc) is 3.19. The molecule has 3 aromatic rings. The number of hydrogen-bond acceptors (Lipinski definition) is 6. The molecule has 1 amide bonds. The van der Waals surface area contributed by atoms with Crippen molar-refractivity contribution >= 4 is 15.6 Å². The van der Waals surface area contributed by atoms with E-state index in [2.05, 4.69) is 19.0 Å². The van der Waals surface area contributed by atoms with Gasteiger partial charge in [-0.1, -0.05) is 23.4 Å². The summed E-state index contributed by atoms with van der Waals surface area (Å²) in [5.74, 6) is -3.64. The first-order valence-electron chi connectivity index (χ1n) is 8.57. The molecule has 0 aliphatic rings. The number of carbonyl (C=O) groups is 1. The maximum absolute atomic E-state index is 13.8. The van der Waals surface area contributed by atoms with Gasteiger partial charge in [0.15, 0.2) is 0 Å². The van der Waals surface area contributed by atoms with Crippen LogP contribution >= 0.6 is 0 Å². The molecule has 0 bridgehead atoms. The van der Waals surface area contributed by atoms with Crippen molar-refractivity contribution in [3.8, 4) is 17.1 Å². The summed E-state index contributed by atoms with van der Waals surface area (Å²) in [5.41, 5.74) is 0.155. The number of methoxy groups -OCH3 is 1. The maximum Gasteiger partial charge on any atom is 0.471 e. The molecule has 0 saturated heterocycles. The standard InChI is InChI=1S/C19H15F4N3O4S/c1-29-15-9-11(7-8-13(15)16-24-18(30-25-16)19(21,22)23)17(27)26-31(2,28)10-12-5-3-4-6-14(12)20/h3-9H,10H2,1-2H3. The number of halogens is 4. The number of amides is 1. The summed E-state index contributed by atoms with van der Waals surface area (Å²) in [6.45, 7) is 0. The molecule has 0 aliphatic carbocycles. The molecule has 0 fully saturated rings. The number of nitrogens with zero attached hydrogens (tertiary/aromatic N) is 3. The van der Waals surface area contributed by atoms with Crippen LogP contribution in [0.5, 0.6) is 5.75 Å².